The number of hydrazone groups is 1. The van der Waals surface area contributed by atoms with E-state index in [0.29, 0.717) is 0 Å². The quantitative estimate of drug-likeness (QED) is 0.542. The van der Waals surface area contributed by atoms with Gasteiger partial charge in [0.1, 0.15) is 0 Å². The summed E-state index contributed by atoms with van der Waals surface area (Å²) in [6.45, 7) is 4.07. The number of rotatable bonds is 4. The van der Waals surface area contributed by atoms with Crippen LogP contribution >= 0.6 is 22.7 Å². The number of hydrogen-bond acceptors (Lipinski definition) is 5. The van der Waals surface area contributed by atoms with Crippen molar-refractivity contribution in [1.82, 2.24) is 4.98 Å². The summed E-state index contributed by atoms with van der Waals surface area (Å²) in [5, 5.41) is 9.32. The first kappa shape index (κ1) is 14.0. The summed E-state index contributed by atoms with van der Waals surface area (Å²) in [5.41, 5.74) is 7.35. The third-order valence-electron chi connectivity index (χ3n) is 3.07. The molecule has 0 atom stereocenters. The van der Waals surface area contributed by atoms with Crippen molar-refractivity contribution >= 4 is 33.5 Å². The number of nitrogens with one attached hydrogen (secondary N) is 1. The number of hydrogen-bond donors (Lipinski definition) is 1. The van der Waals surface area contributed by atoms with Gasteiger partial charge in [0, 0.05) is 5.38 Å². The largest absolute Gasteiger partial charge is 0.252 e. The Morgan fingerprint density at radius 1 is 1.14 bits per heavy atom. The van der Waals surface area contributed by atoms with Crippen LogP contribution in [-0.4, -0.2) is 10.7 Å². The number of aromatic nitrogens is 1. The number of anilines is 1. The molecule has 0 bridgehead atoms. The molecule has 0 aliphatic carbocycles. The molecule has 2 aromatic heterocycles. The van der Waals surface area contributed by atoms with Crippen LogP contribution in [0.25, 0.3) is 10.6 Å². The molecular formula is C16H15N3S2. The van der Waals surface area contributed by atoms with Gasteiger partial charge in [-0.25, -0.2) is 4.98 Å². The van der Waals surface area contributed by atoms with Gasteiger partial charge < -0.3 is 0 Å². The molecule has 0 aliphatic rings. The molecule has 0 spiro atoms. The van der Waals surface area contributed by atoms with Crippen molar-refractivity contribution in [1.29, 1.82) is 0 Å². The zero-order valence-electron chi connectivity index (χ0n) is 11.8. The Bertz CT molecular complexity index is 740. The lowest BCUT2D eigenvalue weighted by molar-refractivity contribution is 1.27. The molecule has 1 N–H and O–H groups in total. The minimum Gasteiger partial charge on any atom is -0.252 e. The van der Waals surface area contributed by atoms with Crippen molar-refractivity contribution in [2.45, 2.75) is 13.8 Å². The molecule has 3 rings (SSSR count). The van der Waals surface area contributed by atoms with E-state index in [9.17, 15) is 0 Å². The molecule has 0 aliphatic heterocycles. The molecule has 21 heavy (non-hydrogen) atoms. The van der Waals surface area contributed by atoms with E-state index in [1.54, 1.807) is 22.7 Å². The van der Waals surface area contributed by atoms with E-state index >= 15 is 0 Å². The van der Waals surface area contributed by atoms with E-state index in [-0.39, 0.29) is 0 Å². The predicted molar refractivity (Wildman–Crippen MR) is 92.4 cm³/mol. The SMILES string of the molecule is C/C(=N\Nc1nc(-c2cccs2)cs1)c1ccc(C)cc1. The van der Waals surface area contributed by atoms with Crippen molar-refractivity contribution in [3.8, 4) is 10.6 Å². The molecule has 0 saturated heterocycles. The van der Waals surface area contributed by atoms with Crippen molar-refractivity contribution < 1.29 is 0 Å². The maximum atomic E-state index is 4.54. The van der Waals surface area contributed by atoms with Crippen LogP contribution in [0.3, 0.4) is 0 Å². The van der Waals surface area contributed by atoms with Crippen LogP contribution in [0.1, 0.15) is 18.1 Å². The first-order valence-electron chi connectivity index (χ1n) is 6.59. The van der Waals surface area contributed by atoms with Gasteiger partial charge >= 0.3 is 0 Å². The molecule has 1 aromatic carbocycles. The average Bonchev–Trinajstić information content (AvgIpc) is 3.16. The lowest BCUT2D eigenvalue weighted by atomic mass is 10.1. The van der Waals surface area contributed by atoms with Gasteiger partial charge in [0.2, 0.25) is 5.13 Å². The Balaban J connectivity index is 1.72. The van der Waals surface area contributed by atoms with Gasteiger partial charge in [-0.2, -0.15) is 5.10 Å². The highest BCUT2D eigenvalue weighted by Crippen LogP contribution is 2.28. The van der Waals surface area contributed by atoms with Gasteiger partial charge in [0.15, 0.2) is 0 Å². The average molecular weight is 313 g/mol. The van der Waals surface area contributed by atoms with Gasteiger partial charge in [-0.05, 0) is 30.9 Å². The fourth-order valence-corrected chi connectivity index (χ4v) is 3.27. The summed E-state index contributed by atoms with van der Waals surface area (Å²) in [5.74, 6) is 0. The van der Waals surface area contributed by atoms with E-state index in [4.69, 9.17) is 0 Å². The van der Waals surface area contributed by atoms with E-state index in [0.717, 1.165) is 22.1 Å². The molecule has 0 unspecified atom stereocenters. The van der Waals surface area contributed by atoms with Gasteiger partial charge in [-0.3, -0.25) is 5.43 Å². The summed E-state index contributed by atoms with van der Waals surface area (Å²) in [7, 11) is 0. The number of nitrogens with zero attached hydrogens (tertiary/aromatic N) is 2. The fraction of sp³-hybridized carbons (Fsp3) is 0.125. The highest BCUT2D eigenvalue weighted by atomic mass is 32.1. The predicted octanol–water partition coefficient (Wildman–Crippen LogP) is 5.02. The number of aryl methyl sites for hydroxylation is 1. The van der Waals surface area contributed by atoms with Gasteiger partial charge in [0.05, 0.1) is 16.3 Å². The molecule has 0 saturated carbocycles. The molecule has 5 heteroatoms. The second-order valence-corrected chi connectivity index (χ2v) is 6.50. The summed E-state index contributed by atoms with van der Waals surface area (Å²) >= 11 is 3.26. The van der Waals surface area contributed by atoms with Crippen molar-refractivity contribution in [2.24, 2.45) is 5.10 Å². The molecular weight excluding hydrogens is 298 g/mol. The molecule has 0 radical (unpaired) electrons. The van der Waals surface area contributed by atoms with E-state index < -0.39 is 0 Å². The maximum Gasteiger partial charge on any atom is 0.203 e. The molecule has 3 aromatic rings. The molecule has 106 valence electrons. The monoisotopic (exact) mass is 313 g/mol. The van der Waals surface area contributed by atoms with Crippen LogP contribution < -0.4 is 5.43 Å². The minimum absolute atomic E-state index is 0.810. The normalized spacial score (nSPS) is 11.6. The van der Waals surface area contributed by atoms with Crippen molar-refractivity contribution in [3.63, 3.8) is 0 Å². The molecule has 0 amide bonds. The second-order valence-electron chi connectivity index (χ2n) is 4.69. The van der Waals surface area contributed by atoms with Gasteiger partial charge in [-0.1, -0.05) is 35.9 Å². The summed E-state index contributed by atoms with van der Waals surface area (Å²) in [4.78, 5) is 5.72. The molecule has 3 nitrogen and oxygen atoms in total. The Morgan fingerprint density at radius 3 is 2.67 bits per heavy atom. The van der Waals surface area contributed by atoms with Gasteiger partial charge in [-0.15, -0.1) is 22.7 Å². The topological polar surface area (TPSA) is 37.3 Å². The highest BCUT2D eigenvalue weighted by Gasteiger charge is 2.05. The van der Waals surface area contributed by atoms with E-state index in [2.05, 4.69) is 58.1 Å². The minimum atomic E-state index is 0.810. The number of benzene rings is 1. The number of thiophene rings is 1. The fourth-order valence-electron chi connectivity index (χ4n) is 1.85. The smallest absolute Gasteiger partial charge is 0.203 e. The van der Waals surface area contributed by atoms with Crippen LogP contribution in [0.4, 0.5) is 5.13 Å². The standard InChI is InChI=1S/C16H15N3S2/c1-11-5-7-13(8-6-11)12(2)18-19-16-17-14(10-21-16)15-4-3-9-20-15/h3-10H,1-2H3,(H,17,19)/b18-12+. The molecule has 0 fully saturated rings. The first-order chi connectivity index (χ1) is 10.2. The number of thiazole rings is 1. The van der Waals surface area contributed by atoms with Crippen LogP contribution in [-0.2, 0) is 0 Å². The van der Waals surface area contributed by atoms with Crippen molar-refractivity contribution in [3.05, 3.63) is 58.3 Å². The van der Waals surface area contributed by atoms with Crippen LogP contribution in [0.5, 0.6) is 0 Å². The van der Waals surface area contributed by atoms with E-state index in [1.807, 2.05) is 18.4 Å². The van der Waals surface area contributed by atoms with Gasteiger partial charge in [0.25, 0.3) is 0 Å². The summed E-state index contributed by atoms with van der Waals surface area (Å²) in [6.07, 6.45) is 0. The molecule has 2 heterocycles. The zero-order chi connectivity index (χ0) is 14.7. The van der Waals surface area contributed by atoms with Crippen LogP contribution in [0.15, 0.2) is 52.3 Å². The Hall–Kier alpha value is -1.98. The zero-order valence-corrected chi connectivity index (χ0v) is 13.5. The summed E-state index contributed by atoms with van der Waals surface area (Å²) in [6, 6.07) is 12.4. The highest BCUT2D eigenvalue weighted by molar-refractivity contribution is 7.15. The van der Waals surface area contributed by atoms with E-state index in [1.165, 1.54) is 10.4 Å². The lowest BCUT2D eigenvalue weighted by Gasteiger charge is -2.01. The third kappa shape index (κ3) is 3.37. The third-order valence-corrected chi connectivity index (χ3v) is 4.71. The Morgan fingerprint density at radius 2 is 1.95 bits per heavy atom. The van der Waals surface area contributed by atoms with Crippen molar-refractivity contribution in [2.75, 3.05) is 5.43 Å². The second kappa shape index (κ2) is 6.20. The Kier molecular flexibility index (Phi) is 4.13. The lowest BCUT2D eigenvalue weighted by Crippen LogP contribution is -1.99. The first-order valence-corrected chi connectivity index (χ1v) is 8.35. The Labute approximate surface area is 132 Å². The maximum absolute atomic E-state index is 4.54. The summed E-state index contributed by atoms with van der Waals surface area (Å²) < 4.78 is 0. The van der Waals surface area contributed by atoms with Crippen LogP contribution in [0.2, 0.25) is 0 Å². The van der Waals surface area contributed by atoms with Crippen LogP contribution in [0, 0.1) is 6.92 Å².